The van der Waals surface area contributed by atoms with Gasteiger partial charge in [0.15, 0.2) is 11.5 Å². The van der Waals surface area contributed by atoms with Crippen molar-refractivity contribution in [3.05, 3.63) is 66.0 Å². The molecule has 0 bridgehead atoms. The van der Waals surface area contributed by atoms with Crippen LogP contribution < -0.4 is 10.2 Å². The van der Waals surface area contributed by atoms with Gasteiger partial charge in [-0.05, 0) is 43.2 Å². The molecule has 124 valence electrons. The van der Waals surface area contributed by atoms with Crippen molar-refractivity contribution >= 4 is 12.1 Å². The third-order valence-electron chi connectivity index (χ3n) is 3.16. The SMILES string of the molecule is C=CCc1cc(/C=N/NC(=O)c2ccncc2)cc(OCC)c1O. The number of amides is 1. The first-order valence-corrected chi connectivity index (χ1v) is 7.48. The van der Waals surface area contributed by atoms with Crippen molar-refractivity contribution in [2.75, 3.05) is 6.61 Å². The molecular formula is C18H19N3O3. The second-order valence-electron chi connectivity index (χ2n) is 4.89. The number of rotatable bonds is 7. The molecular weight excluding hydrogens is 306 g/mol. The van der Waals surface area contributed by atoms with Gasteiger partial charge in [0.1, 0.15) is 0 Å². The number of benzene rings is 1. The van der Waals surface area contributed by atoms with Crippen molar-refractivity contribution in [1.29, 1.82) is 0 Å². The second-order valence-corrected chi connectivity index (χ2v) is 4.89. The Kier molecular flexibility index (Phi) is 6.08. The summed E-state index contributed by atoms with van der Waals surface area (Å²) in [5.41, 5.74) is 4.29. The molecule has 0 aliphatic heterocycles. The maximum Gasteiger partial charge on any atom is 0.271 e. The molecule has 0 spiro atoms. The van der Waals surface area contributed by atoms with E-state index in [0.717, 1.165) is 0 Å². The molecule has 1 amide bonds. The summed E-state index contributed by atoms with van der Waals surface area (Å²) in [7, 11) is 0. The molecule has 24 heavy (non-hydrogen) atoms. The number of hydrogen-bond donors (Lipinski definition) is 2. The van der Waals surface area contributed by atoms with Crippen LogP contribution in [0.25, 0.3) is 0 Å². The summed E-state index contributed by atoms with van der Waals surface area (Å²) < 4.78 is 5.42. The number of nitrogens with zero attached hydrogens (tertiary/aromatic N) is 2. The molecule has 0 aliphatic carbocycles. The minimum atomic E-state index is -0.330. The molecule has 2 N–H and O–H groups in total. The van der Waals surface area contributed by atoms with E-state index in [-0.39, 0.29) is 11.7 Å². The lowest BCUT2D eigenvalue weighted by molar-refractivity contribution is 0.0955. The zero-order valence-corrected chi connectivity index (χ0v) is 13.4. The third kappa shape index (κ3) is 4.42. The van der Waals surface area contributed by atoms with Gasteiger partial charge < -0.3 is 9.84 Å². The number of nitrogens with one attached hydrogen (secondary N) is 1. The first kappa shape index (κ1) is 17.2. The van der Waals surface area contributed by atoms with Crippen LogP contribution in [-0.2, 0) is 6.42 Å². The van der Waals surface area contributed by atoms with E-state index in [0.29, 0.717) is 35.5 Å². The maximum atomic E-state index is 11.9. The average molecular weight is 325 g/mol. The van der Waals surface area contributed by atoms with Crippen LogP contribution in [0.15, 0.2) is 54.4 Å². The number of phenolic OH excluding ortho intramolecular Hbond substituents is 1. The highest BCUT2D eigenvalue weighted by Gasteiger charge is 2.09. The summed E-state index contributed by atoms with van der Waals surface area (Å²) in [5, 5.41) is 14.1. The van der Waals surface area contributed by atoms with E-state index in [2.05, 4.69) is 22.1 Å². The second kappa shape index (κ2) is 8.47. The van der Waals surface area contributed by atoms with Crippen LogP contribution in [0.4, 0.5) is 0 Å². The molecule has 6 nitrogen and oxygen atoms in total. The number of aromatic hydroxyl groups is 1. The van der Waals surface area contributed by atoms with E-state index in [1.807, 2.05) is 6.92 Å². The van der Waals surface area contributed by atoms with Gasteiger partial charge in [-0.15, -0.1) is 6.58 Å². The quantitative estimate of drug-likeness (QED) is 0.466. The Balaban J connectivity index is 2.16. The standard InChI is InChI=1S/C18H19N3O3/c1-3-5-15-10-13(11-16(17(15)22)24-4-2)12-20-21-18(23)14-6-8-19-9-7-14/h3,6-12,22H,1,4-5H2,2H3,(H,21,23)/b20-12+. The Morgan fingerprint density at radius 3 is 2.83 bits per heavy atom. The summed E-state index contributed by atoms with van der Waals surface area (Å²) in [6, 6.07) is 6.62. The fraction of sp³-hybridized carbons (Fsp3) is 0.167. The highest BCUT2D eigenvalue weighted by molar-refractivity contribution is 5.94. The van der Waals surface area contributed by atoms with E-state index in [1.54, 1.807) is 30.3 Å². The molecule has 0 radical (unpaired) electrons. The van der Waals surface area contributed by atoms with Gasteiger partial charge in [0.05, 0.1) is 12.8 Å². The molecule has 6 heteroatoms. The molecule has 0 fully saturated rings. The van der Waals surface area contributed by atoms with Gasteiger partial charge in [-0.1, -0.05) is 6.08 Å². The van der Waals surface area contributed by atoms with Crippen LogP contribution in [0.1, 0.15) is 28.4 Å². The minimum absolute atomic E-state index is 0.0923. The van der Waals surface area contributed by atoms with Gasteiger partial charge in [0.2, 0.25) is 0 Å². The summed E-state index contributed by atoms with van der Waals surface area (Å²) in [6.07, 6.45) is 6.75. The first-order chi connectivity index (χ1) is 11.7. The fourth-order valence-corrected chi connectivity index (χ4v) is 2.07. The molecule has 0 saturated heterocycles. The fourth-order valence-electron chi connectivity index (χ4n) is 2.07. The van der Waals surface area contributed by atoms with E-state index >= 15 is 0 Å². The highest BCUT2D eigenvalue weighted by Crippen LogP contribution is 2.31. The normalized spacial score (nSPS) is 10.5. The zero-order valence-electron chi connectivity index (χ0n) is 13.4. The number of phenols is 1. The predicted molar refractivity (Wildman–Crippen MR) is 92.5 cm³/mol. The molecule has 0 saturated carbocycles. The van der Waals surface area contributed by atoms with Crippen LogP contribution in [0.2, 0.25) is 0 Å². The van der Waals surface area contributed by atoms with Gasteiger partial charge in [-0.2, -0.15) is 5.10 Å². The summed E-state index contributed by atoms with van der Waals surface area (Å²) >= 11 is 0. The lowest BCUT2D eigenvalue weighted by Gasteiger charge is -2.10. The van der Waals surface area contributed by atoms with Crippen LogP contribution >= 0.6 is 0 Å². The van der Waals surface area contributed by atoms with E-state index in [1.165, 1.54) is 18.6 Å². The van der Waals surface area contributed by atoms with E-state index in [9.17, 15) is 9.90 Å². The van der Waals surface area contributed by atoms with Gasteiger partial charge >= 0.3 is 0 Å². The minimum Gasteiger partial charge on any atom is -0.504 e. The van der Waals surface area contributed by atoms with Crippen molar-refractivity contribution in [3.8, 4) is 11.5 Å². The first-order valence-electron chi connectivity index (χ1n) is 7.48. The van der Waals surface area contributed by atoms with Crippen LogP contribution in [0.5, 0.6) is 11.5 Å². The number of hydrogen-bond acceptors (Lipinski definition) is 5. The van der Waals surface area contributed by atoms with E-state index < -0.39 is 0 Å². The smallest absolute Gasteiger partial charge is 0.271 e. The Bertz CT molecular complexity index is 743. The summed E-state index contributed by atoms with van der Waals surface area (Å²) in [4.78, 5) is 15.8. The maximum absolute atomic E-state index is 11.9. The monoisotopic (exact) mass is 325 g/mol. The topological polar surface area (TPSA) is 83.8 Å². The van der Waals surface area contributed by atoms with Crippen molar-refractivity contribution in [2.24, 2.45) is 5.10 Å². The molecule has 0 atom stereocenters. The van der Waals surface area contributed by atoms with Crippen LogP contribution in [0, 0.1) is 0 Å². The Hall–Kier alpha value is -3.15. The number of pyridine rings is 1. The van der Waals surface area contributed by atoms with Crippen LogP contribution in [-0.4, -0.2) is 28.8 Å². The van der Waals surface area contributed by atoms with Gasteiger partial charge in [-0.25, -0.2) is 5.43 Å². The molecule has 2 aromatic rings. The average Bonchev–Trinajstić information content (AvgIpc) is 2.60. The number of hydrazone groups is 1. The Labute approximate surface area is 140 Å². The summed E-state index contributed by atoms with van der Waals surface area (Å²) in [5.74, 6) is 0.136. The number of aromatic nitrogens is 1. The number of allylic oxidation sites excluding steroid dienone is 1. The molecule has 0 aliphatic rings. The highest BCUT2D eigenvalue weighted by atomic mass is 16.5. The van der Waals surface area contributed by atoms with Gasteiger partial charge in [0, 0.05) is 23.5 Å². The summed E-state index contributed by atoms with van der Waals surface area (Å²) in [6.45, 7) is 5.94. The van der Waals surface area contributed by atoms with Crippen molar-refractivity contribution < 1.29 is 14.6 Å². The lowest BCUT2D eigenvalue weighted by Crippen LogP contribution is -2.17. The number of carbonyl (C=O) groups excluding carboxylic acids is 1. The van der Waals surface area contributed by atoms with Gasteiger partial charge in [0.25, 0.3) is 5.91 Å². The van der Waals surface area contributed by atoms with Crippen molar-refractivity contribution in [2.45, 2.75) is 13.3 Å². The molecule has 2 rings (SSSR count). The molecule has 1 aromatic carbocycles. The number of carbonyl (C=O) groups is 1. The van der Waals surface area contributed by atoms with Crippen molar-refractivity contribution in [1.82, 2.24) is 10.4 Å². The molecule has 1 heterocycles. The Morgan fingerprint density at radius 2 is 2.17 bits per heavy atom. The van der Waals surface area contributed by atoms with Gasteiger partial charge in [-0.3, -0.25) is 9.78 Å². The number of ether oxygens (including phenoxy) is 1. The lowest BCUT2D eigenvalue weighted by atomic mass is 10.1. The predicted octanol–water partition coefficient (Wildman–Crippen LogP) is 2.68. The largest absolute Gasteiger partial charge is 0.504 e. The zero-order chi connectivity index (χ0) is 17.4. The van der Waals surface area contributed by atoms with Crippen LogP contribution in [0.3, 0.4) is 0 Å². The molecule has 0 unspecified atom stereocenters. The molecule has 1 aromatic heterocycles. The van der Waals surface area contributed by atoms with Crippen molar-refractivity contribution in [3.63, 3.8) is 0 Å². The van der Waals surface area contributed by atoms with E-state index in [4.69, 9.17) is 4.74 Å². The Morgan fingerprint density at radius 1 is 1.42 bits per heavy atom. The third-order valence-corrected chi connectivity index (χ3v) is 3.16.